The van der Waals surface area contributed by atoms with E-state index >= 15 is 0 Å². The van der Waals surface area contributed by atoms with Gasteiger partial charge < -0.3 is 10.1 Å². The van der Waals surface area contributed by atoms with Crippen LogP contribution in [0.25, 0.3) is 0 Å². The van der Waals surface area contributed by atoms with E-state index in [1.54, 1.807) is 0 Å². The van der Waals surface area contributed by atoms with Crippen molar-refractivity contribution in [3.05, 3.63) is 0 Å². The van der Waals surface area contributed by atoms with Crippen molar-refractivity contribution < 1.29 is 9.53 Å². The maximum Gasteiger partial charge on any atom is 0.326 e. The molecule has 70 valence electrons. The Kier molecular flexibility index (Phi) is 2.17. The number of methoxy groups -OCH3 is 1. The van der Waals surface area contributed by atoms with Crippen molar-refractivity contribution in [3.8, 4) is 0 Å². The summed E-state index contributed by atoms with van der Waals surface area (Å²) in [5.74, 6) is -0.162. The molecule has 3 heteroatoms. The molecule has 1 N–H and O–H groups in total. The molecular weight excluding hydrogens is 154 g/mol. The summed E-state index contributed by atoms with van der Waals surface area (Å²) < 4.78 is 4.77. The summed E-state index contributed by atoms with van der Waals surface area (Å²) in [6.07, 6.45) is 1.01. The molecule has 1 rings (SSSR count). The Labute approximate surface area is 73.5 Å². The summed E-state index contributed by atoms with van der Waals surface area (Å²) in [5, 5.41) is 3.20. The van der Waals surface area contributed by atoms with Gasteiger partial charge in [0.05, 0.1) is 7.11 Å². The first-order valence-corrected chi connectivity index (χ1v) is 4.27. The third-order valence-electron chi connectivity index (χ3n) is 3.18. The Hall–Kier alpha value is -0.570. The SMILES string of the molecule is COC(=O)C1(C)NCCC1(C)C. The Morgan fingerprint density at radius 1 is 1.42 bits per heavy atom. The smallest absolute Gasteiger partial charge is 0.326 e. The molecule has 3 nitrogen and oxygen atoms in total. The predicted molar refractivity (Wildman–Crippen MR) is 46.8 cm³/mol. The van der Waals surface area contributed by atoms with E-state index in [9.17, 15) is 4.79 Å². The fourth-order valence-electron chi connectivity index (χ4n) is 1.67. The van der Waals surface area contributed by atoms with Crippen molar-refractivity contribution in [1.82, 2.24) is 5.32 Å². The molecular formula is C9H17NO2. The van der Waals surface area contributed by atoms with Crippen molar-refractivity contribution in [2.45, 2.75) is 32.7 Å². The Morgan fingerprint density at radius 2 is 2.00 bits per heavy atom. The lowest BCUT2D eigenvalue weighted by molar-refractivity contribution is -0.151. The summed E-state index contributed by atoms with van der Waals surface area (Å²) in [6, 6.07) is 0. The largest absolute Gasteiger partial charge is 0.468 e. The number of ether oxygens (including phenoxy) is 1. The van der Waals surface area contributed by atoms with Crippen LogP contribution in [0.4, 0.5) is 0 Å². The summed E-state index contributed by atoms with van der Waals surface area (Å²) in [6.45, 7) is 6.97. The molecule has 12 heavy (non-hydrogen) atoms. The number of hydrogen-bond acceptors (Lipinski definition) is 3. The molecule has 0 bridgehead atoms. The second-order valence-corrected chi connectivity index (χ2v) is 4.18. The van der Waals surface area contributed by atoms with Gasteiger partial charge in [0.2, 0.25) is 0 Å². The van der Waals surface area contributed by atoms with Gasteiger partial charge in [-0.2, -0.15) is 0 Å². The Balaban J connectivity index is 2.90. The van der Waals surface area contributed by atoms with Crippen LogP contribution in [0.5, 0.6) is 0 Å². The molecule has 1 heterocycles. The molecule has 0 aromatic carbocycles. The molecule has 1 fully saturated rings. The van der Waals surface area contributed by atoms with E-state index in [1.807, 2.05) is 6.92 Å². The molecule has 0 aromatic heterocycles. The summed E-state index contributed by atoms with van der Waals surface area (Å²) in [5.41, 5.74) is -0.526. The number of nitrogens with one attached hydrogen (secondary N) is 1. The molecule has 0 spiro atoms. The first-order chi connectivity index (χ1) is 5.44. The Morgan fingerprint density at radius 3 is 2.33 bits per heavy atom. The van der Waals surface area contributed by atoms with Gasteiger partial charge in [-0.25, -0.2) is 0 Å². The van der Waals surface area contributed by atoms with E-state index in [2.05, 4.69) is 19.2 Å². The van der Waals surface area contributed by atoms with Gasteiger partial charge in [0, 0.05) is 0 Å². The number of esters is 1. The van der Waals surface area contributed by atoms with E-state index in [-0.39, 0.29) is 11.4 Å². The van der Waals surface area contributed by atoms with Gasteiger partial charge in [-0.15, -0.1) is 0 Å². The van der Waals surface area contributed by atoms with Crippen LogP contribution in [-0.2, 0) is 9.53 Å². The van der Waals surface area contributed by atoms with Gasteiger partial charge in [-0.3, -0.25) is 4.79 Å². The number of carbonyl (C=O) groups is 1. The minimum atomic E-state index is -0.512. The standard InChI is InChI=1S/C9H17NO2/c1-8(2)5-6-10-9(8,3)7(11)12-4/h10H,5-6H2,1-4H3. The fourth-order valence-corrected chi connectivity index (χ4v) is 1.67. The average Bonchev–Trinajstić information content (AvgIpc) is 2.26. The highest BCUT2D eigenvalue weighted by molar-refractivity contribution is 5.81. The topological polar surface area (TPSA) is 38.3 Å². The van der Waals surface area contributed by atoms with Gasteiger partial charge in [0.25, 0.3) is 0 Å². The van der Waals surface area contributed by atoms with E-state index in [1.165, 1.54) is 7.11 Å². The zero-order valence-corrected chi connectivity index (χ0v) is 8.23. The lowest BCUT2D eigenvalue weighted by Gasteiger charge is -2.34. The van der Waals surface area contributed by atoms with Crippen LogP contribution < -0.4 is 5.32 Å². The zero-order valence-electron chi connectivity index (χ0n) is 8.23. The molecule has 0 radical (unpaired) electrons. The van der Waals surface area contributed by atoms with Gasteiger partial charge >= 0.3 is 5.97 Å². The van der Waals surface area contributed by atoms with Crippen LogP contribution in [0.2, 0.25) is 0 Å². The third-order valence-corrected chi connectivity index (χ3v) is 3.18. The fraction of sp³-hybridized carbons (Fsp3) is 0.889. The minimum absolute atomic E-state index is 0.0138. The number of carbonyl (C=O) groups excluding carboxylic acids is 1. The molecule has 0 saturated carbocycles. The van der Waals surface area contributed by atoms with E-state index in [4.69, 9.17) is 4.74 Å². The van der Waals surface area contributed by atoms with Gasteiger partial charge in [-0.1, -0.05) is 13.8 Å². The van der Waals surface area contributed by atoms with E-state index in [0.29, 0.717) is 0 Å². The molecule has 1 aliphatic heterocycles. The maximum atomic E-state index is 11.5. The monoisotopic (exact) mass is 171 g/mol. The zero-order chi connectivity index (χ0) is 9.41. The summed E-state index contributed by atoms with van der Waals surface area (Å²) in [4.78, 5) is 11.5. The van der Waals surface area contributed by atoms with Crippen LogP contribution in [0, 0.1) is 5.41 Å². The average molecular weight is 171 g/mol. The molecule has 1 aliphatic rings. The highest BCUT2D eigenvalue weighted by atomic mass is 16.5. The quantitative estimate of drug-likeness (QED) is 0.597. The van der Waals surface area contributed by atoms with Crippen molar-refractivity contribution in [2.24, 2.45) is 5.41 Å². The minimum Gasteiger partial charge on any atom is -0.468 e. The first-order valence-electron chi connectivity index (χ1n) is 4.27. The Bertz CT molecular complexity index is 201. The second-order valence-electron chi connectivity index (χ2n) is 4.18. The van der Waals surface area contributed by atoms with Crippen LogP contribution in [0.3, 0.4) is 0 Å². The second kappa shape index (κ2) is 2.73. The first kappa shape index (κ1) is 9.52. The number of hydrogen-bond donors (Lipinski definition) is 1. The van der Waals surface area contributed by atoms with Crippen molar-refractivity contribution in [2.75, 3.05) is 13.7 Å². The molecule has 1 unspecified atom stereocenters. The highest BCUT2D eigenvalue weighted by Gasteiger charge is 2.51. The van der Waals surface area contributed by atoms with Crippen molar-refractivity contribution >= 4 is 5.97 Å². The van der Waals surface area contributed by atoms with Crippen molar-refractivity contribution in [1.29, 1.82) is 0 Å². The van der Waals surface area contributed by atoms with Crippen LogP contribution >= 0.6 is 0 Å². The van der Waals surface area contributed by atoms with Crippen LogP contribution in [0.15, 0.2) is 0 Å². The maximum absolute atomic E-state index is 11.5. The number of rotatable bonds is 1. The molecule has 0 amide bonds. The normalized spacial score (nSPS) is 33.3. The van der Waals surface area contributed by atoms with Gasteiger partial charge in [-0.05, 0) is 25.3 Å². The summed E-state index contributed by atoms with van der Waals surface area (Å²) >= 11 is 0. The molecule has 1 atom stereocenters. The van der Waals surface area contributed by atoms with Crippen LogP contribution in [-0.4, -0.2) is 25.2 Å². The molecule has 0 aliphatic carbocycles. The third kappa shape index (κ3) is 1.12. The molecule has 0 aromatic rings. The van der Waals surface area contributed by atoms with Crippen molar-refractivity contribution in [3.63, 3.8) is 0 Å². The van der Waals surface area contributed by atoms with E-state index in [0.717, 1.165) is 13.0 Å². The molecule has 1 saturated heterocycles. The summed E-state index contributed by atoms with van der Waals surface area (Å²) in [7, 11) is 1.43. The van der Waals surface area contributed by atoms with Gasteiger partial charge in [0.1, 0.15) is 5.54 Å². The van der Waals surface area contributed by atoms with E-state index < -0.39 is 5.54 Å². The van der Waals surface area contributed by atoms with Crippen LogP contribution in [0.1, 0.15) is 27.2 Å². The lowest BCUT2D eigenvalue weighted by atomic mass is 9.74. The highest BCUT2D eigenvalue weighted by Crippen LogP contribution is 2.39. The lowest BCUT2D eigenvalue weighted by Crippen LogP contribution is -2.53. The van der Waals surface area contributed by atoms with Gasteiger partial charge in [0.15, 0.2) is 0 Å². The predicted octanol–water partition coefficient (Wildman–Crippen LogP) is 0.938.